The van der Waals surface area contributed by atoms with Crippen LogP contribution in [0.25, 0.3) is 5.03 Å². The Balaban J connectivity index is 1.68. The van der Waals surface area contributed by atoms with Crippen molar-refractivity contribution < 1.29 is 9.53 Å². The summed E-state index contributed by atoms with van der Waals surface area (Å²) in [4.78, 5) is 14.9. The van der Waals surface area contributed by atoms with E-state index < -0.39 is 0 Å². The Bertz CT molecular complexity index is 669. The molecule has 0 radical (unpaired) electrons. The van der Waals surface area contributed by atoms with Crippen LogP contribution in [0.3, 0.4) is 0 Å². The maximum atomic E-state index is 12.9. The first kappa shape index (κ1) is 18.8. The molecule has 0 bridgehead atoms. The van der Waals surface area contributed by atoms with Crippen molar-refractivity contribution in [3.05, 3.63) is 40.9 Å². The van der Waals surface area contributed by atoms with Gasteiger partial charge in [0.2, 0.25) is 5.91 Å². The van der Waals surface area contributed by atoms with Crippen molar-refractivity contribution in [3.63, 3.8) is 0 Å². The van der Waals surface area contributed by atoms with Crippen molar-refractivity contribution in [3.8, 4) is 0 Å². The van der Waals surface area contributed by atoms with Gasteiger partial charge in [0.05, 0.1) is 12.5 Å². The molecule has 3 nitrogen and oxygen atoms in total. The largest absolute Gasteiger partial charge is 0.384 e. The third-order valence-electron chi connectivity index (χ3n) is 5.62. The lowest BCUT2D eigenvalue weighted by atomic mass is 10.1. The van der Waals surface area contributed by atoms with Crippen LogP contribution < -0.4 is 0 Å². The number of allylic oxidation sites excluding steroid dienone is 1. The second-order valence-corrected chi connectivity index (χ2v) is 8.58. The second-order valence-electron chi connectivity index (χ2n) is 7.74. The summed E-state index contributed by atoms with van der Waals surface area (Å²) in [6.45, 7) is 6.65. The summed E-state index contributed by atoms with van der Waals surface area (Å²) in [6, 6.07) is 7.47. The lowest BCUT2D eigenvalue weighted by Crippen LogP contribution is -2.32. The van der Waals surface area contributed by atoms with Gasteiger partial charge in [0.1, 0.15) is 0 Å². The van der Waals surface area contributed by atoms with Gasteiger partial charge in [0.25, 0.3) is 0 Å². The van der Waals surface area contributed by atoms with Gasteiger partial charge in [-0.1, -0.05) is 55.3 Å². The molecular weight excluding hydrogens is 357 g/mol. The highest BCUT2D eigenvalue weighted by Crippen LogP contribution is 2.60. The maximum absolute atomic E-state index is 12.9. The van der Waals surface area contributed by atoms with Crippen LogP contribution in [0.5, 0.6) is 0 Å². The van der Waals surface area contributed by atoms with E-state index in [2.05, 4.69) is 13.8 Å². The van der Waals surface area contributed by atoms with E-state index in [4.69, 9.17) is 27.9 Å². The SMILES string of the molecule is COC[C@@H]1CCN(C(=O)[C@@H]2[C@@H](/C=C(\Cl)c3ccc(Cl)cc3)C2(C)C)C1. The van der Waals surface area contributed by atoms with Crippen molar-refractivity contribution in [1.82, 2.24) is 4.90 Å². The average molecular weight is 382 g/mol. The molecule has 1 aromatic carbocycles. The minimum Gasteiger partial charge on any atom is -0.384 e. The zero-order valence-corrected chi connectivity index (χ0v) is 16.5. The van der Waals surface area contributed by atoms with Crippen LogP contribution in [0.2, 0.25) is 5.02 Å². The molecule has 2 aliphatic rings. The lowest BCUT2D eigenvalue weighted by Gasteiger charge is -2.17. The Hall–Kier alpha value is -1.03. The van der Waals surface area contributed by atoms with Gasteiger partial charge in [-0.3, -0.25) is 4.79 Å². The quantitative estimate of drug-likeness (QED) is 0.740. The van der Waals surface area contributed by atoms with Gasteiger partial charge in [-0.2, -0.15) is 0 Å². The molecule has 1 aliphatic heterocycles. The summed E-state index contributed by atoms with van der Waals surface area (Å²) in [5.74, 6) is 0.896. The Morgan fingerprint density at radius 1 is 1.36 bits per heavy atom. The molecule has 1 heterocycles. The lowest BCUT2D eigenvalue weighted by molar-refractivity contribution is -0.132. The molecule has 3 rings (SSSR count). The number of hydrogen-bond donors (Lipinski definition) is 0. The monoisotopic (exact) mass is 381 g/mol. The second kappa shape index (κ2) is 7.30. The Labute approximate surface area is 159 Å². The van der Waals surface area contributed by atoms with Crippen LogP contribution >= 0.6 is 23.2 Å². The summed E-state index contributed by atoms with van der Waals surface area (Å²) >= 11 is 12.4. The van der Waals surface area contributed by atoms with Crippen molar-refractivity contribution >= 4 is 34.1 Å². The first-order chi connectivity index (χ1) is 11.8. The van der Waals surface area contributed by atoms with Crippen LogP contribution in [0.4, 0.5) is 0 Å². The summed E-state index contributed by atoms with van der Waals surface area (Å²) in [5, 5.41) is 1.37. The van der Waals surface area contributed by atoms with Crippen LogP contribution in [0.15, 0.2) is 30.3 Å². The van der Waals surface area contributed by atoms with Gasteiger partial charge >= 0.3 is 0 Å². The van der Waals surface area contributed by atoms with E-state index >= 15 is 0 Å². The molecular formula is C20H25Cl2NO2. The molecule has 0 N–H and O–H groups in total. The number of methoxy groups -OCH3 is 1. The first-order valence-electron chi connectivity index (χ1n) is 8.75. The Morgan fingerprint density at radius 3 is 2.68 bits per heavy atom. The molecule has 3 atom stereocenters. The highest BCUT2D eigenvalue weighted by atomic mass is 35.5. The highest BCUT2D eigenvalue weighted by molar-refractivity contribution is 6.48. The van der Waals surface area contributed by atoms with Gasteiger partial charge in [0.15, 0.2) is 0 Å². The number of ether oxygens (including phenoxy) is 1. The molecule has 1 aromatic rings. The van der Waals surface area contributed by atoms with Crippen LogP contribution in [-0.4, -0.2) is 37.6 Å². The predicted molar refractivity (Wildman–Crippen MR) is 103 cm³/mol. The zero-order chi connectivity index (χ0) is 18.2. The average Bonchev–Trinajstić information content (AvgIpc) is 2.91. The minimum absolute atomic E-state index is 0.00912. The number of halogens is 2. The topological polar surface area (TPSA) is 29.5 Å². The zero-order valence-electron chi connectivity index (χ0n) is 15.0. The number of carbonyl (C=O) groups is 1. The fourth-order valence-electron chi connectivity index (χ4n) is 3.92. The number of carbonyl (C=O) groups excluding carboxylic acids is 1. The smallest absolute Gasteiger partial charge is 0.226 e. The summed E-state index contributed by atoms with van der Waals surface area (Å²) in [7, 11) is 1.72. The van der Waals surface area contributed by atoms with E-state index in [-0.39, 0.29) is 23.2 Å². The molecule has 136 valence electrons. The number of nitrogens with zero attached hydrogens (tertiary/aromatic N) is 1. The maximum Gasteiger partial charge on any atom is 0.226 e. The Morgan fingerprint density at radius 2 is 2.04 bits per heavy atom. The van der Waals surface area contributed by atoms with Gasteiger partial charge in [-0.15, -0.1) is 0 Å². The fourth-order valence-corrected chi connectivity index (χ4v) is 4.31. The van der Waals surface area contributed by atoms with E-state index in [1.807, 2.05) is 35.2 Å². The van der Waals surface area contributed by atoms with Crippen molar-refractivity contribution in [1.29, 1.82) is 0 Å². The molecule has 1 saturated carbocycles. The van der Waals surface area contributed by atoms with Crippen molar-refractivity contribution in [2.45, 2.75) is 20.3 Å². The molecule has 0 aromatic heterocycles. The van der Waals surface area contributed by atoms with E-state index in [1.54, 1.807) is 7.11 Å². The van der Waals surface area contributed by atoms with Gasteiger partial charge < -0.3 is 9.64 Å². The summed E-state index contributed by atoms with van der Waals surface area (Å²) in [6.07, 6.45) is 3.06. The number of amides is 1. The summed E-state index contributed by atoms with van der Waals surface area (Å²) in [5.41, 5.74) is 0.879. The Kier molecular flexibility index (Phi) is 5.48. The molecule has 0 unspecified atom stereocenters. The normalized spacial score (nSPS) is 28.3. The van der Waals surface area contributed by atoms with E-state index in [0.717, 1.165) is 31.7 Å². The van der Waals surface area contributed by atoms with Crippen LogP contribution in [-0.2, 0) is 9.53 Å². The van der Waals surface area contributed by atoms with Crippen molar-refractivity contribution in [2.75, 3.05) is 26.8 Å². The van der Waals surface area contributed by atoms with Crippen LogP contribution in [0.1, 0.15) is 25.8 Å². The third-order valence-corrected chi connectivity index (χ3v) is 6.22. The number of rotatable bonds is 5. The van der Waals surface area contributed by atoms with Gasteiger partial charge in [-0.05, 0) is 35.4 Å². The van der Waals surface area contributed by atoms with Crippen LogP contribution in [0, 0.1) is 23.2 Å². The third kappa shape index (κ3) is 3.89. The molecule has 5 heteroatoms. The number of benzene rings is 1. The molecule has 1 amide bonds. The molecule has 1 aliphatic carbocycles. The molecule has 2 fully saturated rings. The molecule has 25 heavy (non-hydrogen) atoms. The van der Waals surface area contributed by atoms with E-state index in [0.29, 0.717) is 16.0 Å². The first-order valence-corrected chi connectivity index (χ1v) is 9.51. The van der Waals surface area contributed by atoms with E-state index in [9.17, 15) is 4.79 Å². The summed E-state index contributed by atoms with van der Waals surface area (Å²) < 4.78 is 5.23. The number of likely N-dealkylation sites (tertiary alicyclic amines) is 1. The molecule has 1 saturated heterocycles. The van der Waals surface area contributed by atoms with Gasteiger partial charge in [0, 0.05) is 36.2 Å². The minimum atomic E-state index is -0.0526. The molecule has 0 spiro atoms. The highest BCUT2D eigenvalue weighted by Gasteiger charge is 2.61. The fraction of sp³-hybridized carbons (Fsp3) is 0.550. The van der Waals surface area contributed by atoms with Crippen molar-refractivity contribution in [2.24, 2.45) is 23.2 Å². The standard InChI is InChI=1S/C20H25Cl2NO2/c1-20(2)16(10-17(22)14-4-6-15(21)7-5-14)18(20)19(24)23-9-8-13(11-23)12-25-3/h4-7,10,13,16,18H,8-9,11-12H2,1-3H3/b17-10-/t13-,16-,18+/m1/s1. The number of hydrogen-bond acceptors (Lipinski definition) is 2. The predicted octanol–water partition coefficient (Wildman–Crippen LogP) is 4.69. The van der Waals surface area contributed by atoms with E-state index in [1.165, 1.54) is 0 Å². The van der Waals surface area contributed by atoms with Gasteiger partial charge in [-0.25, -0.2) is 0 Å².